The Labute approximate surface area is 201 Å². The molecule has 33 heavy (non-hydrogen) atoms. The second kappa shape index (κ2) is 8.61. The fraction of sp³-hybridized carbons (Fsp3) is 0.148. The Hall–Kier alpha value is -3.22. The van der Waals surface area contributed by atoms with Crippen LogP contribution in [0.15, 0.2) is 94.2 Å². The van der Waals surface area contributed by atoms with Gasteiger partial charge >= 0.3 is 0 Å². The summed E-state index contributed by atoms with van der Waals surface area (Å²) in [7, 11) is 0. The number of thiazole rings is 1. The maximum absolute atomic E-state index is 11.1. The molecule has 0 atom stereocenters. The van der Waals surface area contributed by atoms with E-state index in [1.165, 1.54) is 11.1 Å². The van der Waals surface area contributed by atoms with Gasteiger partial charge in [-0.2, -0.15) is 0 Å². The van der Waals surface area contributed by atoms with E-state index in [0.29, 0.717) is 5.75 Å². The lowest BCUT2D eigenvalue weighted by Gasteiger charge is -2.38. The van der Waals surface area contributed by atoms with Gasteiger partial charge in [0.05, 0.1) is 15.1 Å². The van der Waals surface area contributed by atoms with Crippen LogP contribution >= 0.6 is 23.1 Å². The number of fused-ring (bicyclic) bond motifs is 2. The third-order valence-corrected chi connectivity index (χ3v) is 8.39. The van der Waals surface area contributed by atoms with Gasteiger partial charge in [-0.25, -0.2) is 4.98 Å². The molecule has 1 fully saturated rings. The Balaban J connectivity index is 1.32. The predicted octanol–water partition coefficient (Wildman–Crippen LogP) is 6.63. The molecular formula is C27H23N3OS2. The highest BCUT2D eigenvalue weighted by molar-refractivity contribution is 8.01. The van der Waals surface area contributed by atoms with Crippen LogP contribution in [0.25, 0.3) is 21.0 Å². The molecule has 0 amide bonds. The Morgan fingerprint density at radius 1 is 0.758 bits per heavy atom. The molecule has 0 aliphatic carbocycles. The summed E-state index contributed by atoms with van der Waals surface area (Å²) in [4.78, 5) is 10.5. The third-order valence-electron chi connectivity index (χ3n) is 6.16. The van der Waals surface area contributed by atoms with E-state index in [-0.39, 0.29) is 0 Å². The number of aromatic hydroxyl groups is 1. The van der Waals surface area contributed by atoms with Gasteiger partial charge in [0.2, 0.25) is 0 Å². The number of hydrogen-bond acceptors (Lipinski definition) is 6. The van der Waals surface area contributed by atoms with E-state index in [1.807, 2.05) is 30.3 Å². The van der Waals surface area contributed by atoms with Crippen molar-refractivity contribution in [1.82, 2.24) is 4.98 Å². The number of hydrogen-bond donors (Lipinski definition) is 1. The molecule has 1 aliphatic heterocycles. The number of aromatic nitrogens is 1. The second-order valence-corrected chi connectivity index (χ2v) is 10.4. The molecule has 6 heteroatoms. The summed E-state index contributed by atoms with van der Waals surface area (Å²) in [6.07, 6.45) is 0. The molecule has 0 bridgehead atoms. The second-order valence-electron chi connectivity index (χ2n) is 8.15. The maximum Gasteiger partial charge on any atom is 0.156 e. The molecule has 6 rings (SSSR count). The lowest BCUT2D eigenvalue weighted by atomic mass is 10.1. The summed E-state index contributed by atoms with van der Waals surface area (Å²) in [5, 5.41) is 13.3. The molecule has 5 aromatic rings. The fourth-order valence-corrected chi connectivity index (χ4v) is 6.66. The highest BCUT2D eigenvalue weighted by Gasteiger charge is 2.22. The average molecular weight is 470 g/mol. The first-order valence-corrected chi connectivity index (χ1v) is 12.7. The third kappa shape index (κ3) is 3.90. The minimum absolute atomic E-state index is 0.318. The van der Waals surface area contributed by atoms with Crippen LogP contribution < -0.4 is 9.80 Å². The van der Waals surface area contributed by atoms with Gasteiger partial charge in [-0.15, -0.1) is 11.3 Å². The van der Waals surface area contributed by atoms with Crippen molar-refractivity contribution in [3.8, 4) is 5.75 Å². The number of para-hydroxylation sites is 2. The first-order valence-electron chi connectivity index (χ1n) is 11.1. The highest BCUT2D eigenvalue weighted by Crippen LogP contribution is 2.45. The van der Waals surface area contributed by atoms with Crippen LogP contribution in [0.2, 0.25) is 0 Å². The van der Waals surface area contributed by atoms with Crippen molar-refractivity contribution in [2.45, 2.75) is 9.24 Å². The van der Waals surface area contributed by atoms with E-state index in [1.54, 1.807) is 23.1 Å². The van der Waals surface area contributed by atoms with Gasteiger partial charge in [0.25, 0.3) is 0 Å². The minimum Gasteiger partial charge on any atom is -0.507 e. The number of phenols is 1. The number of piperazine rings is 1. The summed E-state index contributed by atoms with van der Waals surface area (Å²) in [6, 6.07) is 29.1. The van der Waals surface area contributed by atoms with Gasteiger partial charge in [0, 0.05) is 54.4 Å². The largest absolute Gasteiger partial charge is 0.507 e. The van der Waals surface area contributed by atoms with E-state index >= 15 is 0 Å². The molecule has 2 heterocycles. The Morgan fingerprint density at radius 3 is 2.21 bits per heavy atom. The van der Waals surface area contributed by atoms with Gasteiger partial charge < -0.3 is 14.9 Å². The monoisotopic (exact) mass is 469 g/mol. The number of nitrogens with zero attached hydrogens (tertiary/aromatic N) is 3. The van der Waals surface area contributed by atoms with Crippen molar-refractivity contribution in [3.63, 3.8) is 0 Å². The minimum atomic E-state index is 0.318. The first-order chi connectivity index (χ1) is 16.3. The van der Waals surface area contributed by atoms with Gasteiger partial charge in [-0.1, -0.05) is 66.4 Å². The molecule has 0 unspecified atom stereocenters. The van der Waals surface area contributed by atoms with Crippen LogP contribution in [-0.2, 0) is 0 Å². The van der Waals surface area contributed by atoms with E-state index in [9.17, 15) is 5.11 Å². The Kier molecular flexibility index (Phi) is 5.32. The van der Waals surface area contributed by atoms with E-state index in [2.05, 4.69) is 64.4 Å². The average Bonchev–Trinajstić information content (AvgIpc) is 3.29. The van der Waals surface area contributed by atoms with Crippen LogP contribution in [0, 0.1) is 0 Å². The van der Waals surface area contributed by atoms with Crippen molar-refractivity contribution in [3.05, 3.63) is 84.9 Å². The molecule has 4 nitrogen and oxygen atoms in total. The van der Waals surface area contributed by atoms with E-state index in [0.717, 1.165) is 56.7 Å². The zero-order valence-electron chi connectivity index (χ0n) is 18.0. The number of phenolic OH excluding ortho intramolecular Hbond substituents is 1. The topological polar surface area (TPSA) is 39.6 Å². The van der Waals surface area contributed by atoms with Crippen molar-refractivity contribution in [2.75, 3.05) is 36.0 Å². The molecule has 0 saturated carbocycles. The predicted molar refractivity (Wildman–Crippen MR) is 140 cm³/mol. The van der Waals surface area contributed by atoms with Crippen LogP contribution in [-0.4, -0.2) is 36.3 Å². The first kappa shape index (κ1) is 20.4. The van der Waals surface area contributed by atoms with Gasteiger partial charge in [0.15, 0.2) is 4.34 Å². The zero-order chi connectivity index (χ0) is 22.2. The fourth-order valence-electron chi connectivity index (χ4n) is 4.51. The zero-order valence-corrected chi connectivity index (χ0v) is 19.6. The summed E-state index contributed by atoms with van der Waals surface area (Å²) in [5.41, 5.74) is 3.37. The molecule has 164 valence electrons. The van der Waals surface area contributed by atoms with Crippen LogP contribution in [0.5, 0.6) is 5.75 Å². The van der Waals surface area contributed by atoms with Crippen molar-refractivity contribution in [2.24, 2.45) is 0 Å². The van der Waals surface area contributed by atoms with E-state index in [4.69, 9.17) is 4.98 Å². The highest BCUT2D eigenvalue weighted by atomic mass is 32.2. The normalized spacial score (nSPS) is 14.3. The molecule has 0 radical (unpaired) electrons. The summed E-state index contributed by atoms with van der Waals surface area (Å²) in [5.74, 6) is 0.318. The number of anilines is 2. The molecule has 0 spiro atoms. The van der Waals surface area contributed by atoms with Crippen LogP contribution in [0.1, 0.15) is 0 Å². The Morgan fingerprint density at radius 2 is 1.42 bits per heavy atom. The smallest absolute Gasteiger partial charge is 0.156 e. The summed E-state index contributed by atoms with van der Waals surface area (Å²) < 4.78 is 2.11. The van der Waals surface area contributed by atoms with Crippen LogP contribution in [0.4, 0.5) is 11.4 Å². The molecule has 1 aliphatic rings. The maximum atomic E-state index is 11.1. The van der Waals surface area contributed by atoms with Crippen molar-refractivity contribution >= 4 is 55.5 Å². The molecule has 1 aromatic heterocycles. The van der Waals surface area contributed by atoms with Crippen LogP contribution in [0.3, 0.4) is 0 Å². The molecule has 1 saturated heterocycles. The lowest BCUT2D eigenvalue weighted by molar-refractivity contribution is 0.464. The van der Waals surface area contributed by atoms with Gasteiger partial charge in [-0.05, 0) is 24.3 Å². The SMILES string of the molecule is Oc1cc(N2CCN(c3ccccc3)CC2)c2ccccc2c1Sc1nc2ccccc2s1. The standard InChI is InChI=1S/C27H23N3OS2/c31-24-18-23(30-16-14-29(15-17-30)19-8-2-1-3-9-19)20-10-4-5-11-21(20)26(24)33-27-28-22-12-6-7-13-25(22)32-27/h1-13,18,31H,14-17H2. The van der Waals surface area contributed by atoms with Gasteiger partial charge in [-0.3, -0.25) is 0 Å². The number of rotatable bonds is 4. The quantitative estimate of drug-likeness (QED) is 0.320. The number of benzene rings is 4. The molecule has 1 N–H and O–H groups in total. The Bertz CT molecular complexity index is 1390. The van der Waals surface area contributed by atoms with Crippen molar-refractivity contribution in [1.29, 1.82) is 0 Å². The van der Waals surface area contributed by atoms with Gasteiger partial charge in [0.1, 0.15) is 5.75 Å². The lowest BCUT2D eigenvalue weighted by Crippen LogP contribution is -2.46. The van der Waals surface area contributed by atoms with E-state index < -0.39 is 0 Å². The summed E-state index contributed by atoms with van der Waals surface area (Å²) >= 11 is 3.22. The molecular weight excluding hydrogens is 446 g/mol. The van der Waals surface area contributed by atoms with Crippen molar-refractivity contribution < 1.29 is 5.11 Å². The molecule has 4 aromatic carbocycles. The summed E-state index contributed by atoms with van der Waals surface area (Å²) in [6.45, 7) is 3.76.